The van der Waals surface area contributed by atoms with Gasteiger partial charge in [-0.3, -0.25) is 0 Å². The topological polar surface area (TPSA) is 17.8 Å². The van der Waals surface area contributed by atoms with Crippen LogP contribution in [0.5, 0.6) is 0 Å². The summed E-state index contributed by atoms with van der Waals surface area (Å²) in [5, 5.41) is 0. The first-order chi connectivity index (χ1) is 9.17. The molecule has 1 aromatic carbocycles. The number of thioether (sulfide) groups is 1. The van der Waals surface area contributed by atoms with Gasteiger partial charge >= 0.3 is 0 Å². The van der Waals surface area contributed by atoms with Crippen molar-refractivity contribution in [1.29, 1.82) is 0 Å². The van der Waals surface area contributed by atoms with Crippen molar-refractivity contribution in [2.24, 2.45) is 0 Å². The van der Waals surface area contributed by atoms with E-state index < -0.39 is 0 Å². The molecule has 0 atom stereocenters. The highest BCUT2D eigenvalue weighted by molar-refractivity contribution is 8.00. The Labute approximate surface area is 123 Å². The molecule has 1 aromatic heterocycles. The monoisotopic (exact) mass is 294 g/mol. The predicted octanol–water partition coefficient (Wildman–Crippen LogP) is 4.37. The van der Waals surface area contributed by atoms with Gasteiger partial charge in [0, 0.05) is 11.3 Å². The summed E-state index contributed by atoms with van der Waals surface area (Å²) < 4.78 is 2.73. The van der Waals surface area contributed by atoms with Crippen molar-refractivity contribution in [3.05, 3.63) is 29.6 Å². The molecule has 1 fully saturated rings. The smallest absolute Gasteiger partial charge is 0.124 e. The van der Waals surface area contributed by atoms with Crippen LogP contribution in [0.25, 0.3) is 11.0 Å². The van der Waals surface area contributed by atoms with Gasteiger partial charge in [-0.1, -0.05) is 12.5 Å². The number of alkyl halides is 1. The number of halogens is 1. The second-order valence-corrected chi connectivity index (χ2v) is 7.02. The van der Waals surface area contributed by atoms with E-state index in [0.717, 1.165) is 17.9 Å². The lowest BCUT2D eigenvalue weighted by Crippen LogP contribution is -2.38. The van der Waals surface area contributed by atoms with Gasteiger partial charge in [0.1, 0.15) is 5.82 Å². The second-order valence-electron chi connectivity index (χ2n) is 5.48. The lowest BCUT2D eigenvalue weighted by atomic mass is 9.84. The van der Waals surface area contributed by atoms with Gasteiger partial charge in [0.25, 0.3) is 0 Å². The average molecular weight is 295 g/mol. The van der Waals surface area contributed by atoms with E-state index in [-0.39, 0.29) is 0 Å². The van der Waals surface area contributed by atoms with Crippen molar-refractivity contribution in [3.63, 3.8) is 0 Å². The summed E-state index contributed by atoms with van der Waals surface area (Å²) in [6.45, 7) is 3.14. The van der Waals surface area contributed by atoms with Gasteiger partial charge in [0.05, 0.1) is 16.9 Å². The molecular formula is C15H19ClN2S. The third-order valence-corrected chi connectivity index (χ3v) is 5.89. The van der Waals surface area contributed by atoms with Crippen LogP contribution in [0.4, 0.5) is 0 Å². The van der Waals surface area contributed by atoms with Crippen molar-refractivity contribution in [2.45, 2.75) is 43.4 Å². The fraction of sp³-hybridized carbons (Fsp3) is 0.533. The van der Waals surface area contributed by atoms with Crippen molar-refractivity contribution >= 4 is 34.4 Å². The van der Waals surface area contributed by atoms with Crippen molar-refractivity contribution in [2.75, 3.05) is 6.26 Å². The first kappa shape index (κ1) is 13.3. The van der Waals surface area contributed by atoms with E-state index >= 15 is 0 Å². The molecule has 0 unspecified atom stereocenters. The lowest BCUT2D eigenvalue weighted by molar-refractivity contribution is 0.322. The number of imidazole rings is 1. The summed E-state index contributed by atoms with van der Waals surface area (Å²) in [6, 6.07) is 6.49. The number of aryl methyl sites for hydroxylation is 1. The number of nitrogens with zero attached hydrogens (tertiary/aromatic N) is 2. The van der Waals surface area contributed by atoms with Crippen molar-refractivity contribution in [3.8, 4) is 0 Å². The molecule has 0 N–H and O–H groups in total. The van der Waals surface area contributed by atoms with Crippen LogP contribution in [0.15, 0.2) is 18.2 Å². The van der Waals surface area contributed by atoms with Gasteiger partial charge in [-0.25, -0.2) is 4.98 Å². The molecule has 1 heterocycles. The van der Waals surface area contributed by atoms with Crippen LogP contribution in [0.2, 0.25) is 0 Å². The third kappa shape index (κ3) is 2.27. The highest BCUT2D eigenvalue weighted by Crippen LogP contribution is 2.44. The zero-order chi connectivity index (χ0) is 13.5. The highest BCUT2D eigenvalue weighted by atomic mass is 35.5. The zero-order valence-electron chi connectivity index (χ0n) is 11.4. The first-order valence-electron chi connectivity index (χ1n) is 6.74. The maximum Gasteiger partial charge on any atom is 0.124 e. The van der Waals surface area contributed by atoms with Gasteiger partial charge in [-0.2, -0.15) is 11.8 Å². The van der Waals surface area contributed by atoms with E-state index in [1.165, 1.54) is 30.3 Å². The van der Waals surface area contributed by atoms with E-state index in [2.05, 4.69) is 35.9 Å². The zero-order valence-corrected chi connectivity index (χ0v) is 13.0. The lowest BCUT2D eigenvalue weighted by Gasteiger charge is -2.41. The van der Waals surface area contributed by atoms with E-state index in [4.69, 9.17) is 16.6 Å². The Morgan fingerprint density at radius 3 is 2.79 bits per heavy atom. The first-order valence-corrected chi connectivity index (χ1v) is 8.50. The van der Waals surface area contributed by atoms with Crippen LogP contribution >= 0.6 is 23.4 Å². The van der Waals surface area contributed by atoms with Crippen molar-refractivity contribution < 1.29 is 0 Å². The Balaban J connectivity index is 2.05. The van der Waals surface area contributed by atoms with Gasteiger partial charge in [0.15, 0.2) is 0 Å². The summed E-state index contributed by atoms with van der Waals surface area (Å²) in [4.78, 5) is 4.69. The number of aromatic nitrogens is 2. The molecule has 1 aliphatic rings. The molecule has 0 radical (unpaired) electrons. The molecule has 0 aliphatic heterocycles. The van der Waals surface area contributed by atoms with Crippen LogP contribution < -0.4 is 0 Å². The van der Waals surface area contributed by atoms with Gasteiger partial charge in [-0.05, 0) is 43.7 Å². The molecule has 1 saturated carbocycles. The minimum atomic E-state index is 0.402. The van der Waals surface area contributed by atoms with Crippen LogP contribution in [0.1, 0.15) is 30.7 Å². The molecule has 0 spiro atoms. The van der Waals surface area contributed by atoms with E-state index in [1.807, 2.05) is 11.8 Å². The maximum atomic E-state index is 6.09. The summed E-state index contributed by atoms with van der Waals surface area (Å²) >= 11 is 8.08. The van der Waals surface area contributed by atoms with Gasteiger partial charge in [-0.15, -0.1) is 11.6 Å². The number of hydrogen-bond donors (Lipinski definition) is 0. The summed E-state index contributed by atoms with van der Waals surface area (Å²) in [5.74, 6) is 1.49. The predicted molar refractivity (Wildman–Crippen MR) is 84.1 cm³/mol. The summed E-state index contributed by atoms with van der Waals surface area (Å²) in [6.07, 6.45) is 6.19. The van der Waals surface area contributed by atoms with Crippen LogP contribution in [0.3, 0.4) is 0 Å². The largest absolute Gasteiger partial charge is 0.326 e. The Morgan fingerprint density at radius 2 is 2.21 bits per heavy atom. The molecule has 2 aromatic rings. The van der Waals surface area contributed by atoms with Gasteiger partial charge in [0.2, 0.25) is 0 Å². The van der Waals surface area contributed by atoms with Crippen LogP contribution in [-0.4, -0.2) is 20.6 Å². The van der Waals surface area contributed by atoms with E-state index in [1.54, 1.807) is 0 Å². The number of fused-ring (bicyclic) bond motifs is 1. The SMILES string of the molecule is CSC1(Cn2c(CCl)nc3cc(C)ccc32)CCC1. The van der Waals surface area contributed by atoms with Gasteiger partial charge < -0.3 is 4.57 Å². The molecule has 0 bridgehead atoms. The standard InChI is InChI=1S/C15H19ClN2S/c1-11-4-5-13-12(8-11)17-14(9-16)18(13)10-15(19-2)6-3-7-15/h4-5,8H,3,6-7,9-10H2,1-2H3. The molecule has 1 aliphatic carbocycles. The van der Waals surface area contributed by atoms with Crippen LogP contribution in [0, 0.1) is 6.92 Å². The number of rotatable bonds is 4. The molecule has 19 heavy (non-hydrogen) atoms. The summed E-state index contributed by atoms with van der Waals surface area (Å²) in [5.41, 5.74) is 3.55. The Morgan fingerprint density at radius 1 is 1.42 bits per heavy atom. The van der Waals surface area contributed by atoms with Crippen molar-refractivity contribution in [1.82, 2.24) is 9.55 Å². The van der Waals surface area contributed by atoms with E-state index in [0.29, 0.717) is 10.6 Å². The Bertz CT molecular complexity index is 596. The molecule has 0 saturated heterocycles. The molecular weight excluding hydrogens is 276 g/mol. The number of benzene rings is 1. The minimum absolute atomic E-state index is 0.402. The van der Waals surface area contributed by atoms with Crippen LogP contribution in [-0.2, 0) is 12.4 Å². The normalized spacial score (nSPS) is 17.6. The third-order valence-electron chi connectivity index (χ3n) is 4.25. The quantitative estimate of drug-likeness (QED) is 0.779. The highest BCUT2D eigenvalue weighted by Gasteiger charge is 2.37. The average Bonchev–Trinajstić information content (AvgIpc) is 2.70. The fourth-order valence-electron chi connectivity index (χ4n) is 2.85. The van der Waals surface area contributed by atoms with E-state index in [9.17, 15) is 0 Å². The second kappa shape index (κ2) is 5.02. The minimum Gasteiger partial charge on any atom is -0.326 e. The molecule has 4 heteroatoms. The summed E-state index contributed by atoms with van der Waals surface area (Å²) in [7, 11) is 0. The molecule has 2 nitrogen and oxygen atoms in total. The Kier molecular flexibility index (Phi) is 3.52. The fourth-order valence-corrected chi connectivity index (χ4v) is 4.01. The molecule has 102 valence electrons. The maximum absolute atomic E-state index is 6.09. The number of hydrogen-bond acceptors (Lipinski definition) is 2. The molecule has 3 rings (SSSR count). The Hall–Kier alpha value is -0.670. The molecule has 0 amide bonds.